The minimum Gasteiger partial charge on any atom is -0.390 e. The molecule has 5 nitrogen and oxygen atoms in total. The molecule has 0 radical (unpaired) electrons. The van der Waals surface area contributed by atoms with Gasteiger partial charge in [-0.3, -0.25) is 4.79 Å². The molecule has 1 aromatic carbocycles. The average molecular weight is 260 g/mol. The number of fused-ring (bicyclic) bond motifs is 1. The molecule has 0 unspecified atom stereocenters. The van der Waals surface area contributed by atoms with Gasteiger partial charge >= 0.3 is 6.03 Å². The molecule has 0 spiro atoms. The van der Waals surface area contributed by atoms with E-state index in [9.17, 15) is 14.7 Å². The first kappa shape index (κ1) is 12.2. The number of para-hydroxylation sites is 1. The summed E-state index contributed by atoms with van der Waals surface area (Å²) < 4.78 is 0. The van der Waals surface area contributed by atoms with Gasteiger partial charge in [-0.1, -0.05) is 18.2 Å². The Hall–Kier alpha value is -1.88. The van der Waals surface area contributed by atoms with Crippen molar-refractivity contribution in [2.75, 3.05) is 11.4 Å². The van der Waals surface area contributed by atoms with E-state index in [0.717, 1.165) is 12.0 Å². The van der Waals surface area contributed by atoms with E-state index in [1.54, 1.807) is 12.1 Å². The number of amides is 3. The van der Waals surface area contributed by atoms with Crippen LogP contribution < -0.4 is 4.90 Å². The minimum atomic E-state index is -0.751. The van der Waals surface area contributed by atoms with Gasteiger partial charge in [0, 0.05) is 6.54 Å². The van der Waals surface area contributed by atoms with Crippen LogP contribution in [0, 0.1) is 6.92 Å². The second-order valence-electron chi connectivity index (χ2n) is 5.09. The largest absolute Gasteiger partial charge is 0.390 e. The molecule has 2 saturated heterocycles. The molecule has 0 aliphatic carbocycles. The van der Waals surface area contributed by atoms with Gasteiger partial charge in [-0.2, -0.15) is 0 Å². The number of urea groups is 1. The van der Waals surface area contributed by atoms with Crippen LogP contribution in [-0.4, -0.2) is 40.6 Å². The lowest BCUT2D eigenvalue weighted by Crippen LogP contribution is -2.48. The molecule has 2 aliphatic rings. The lowest BCUT2D eigenvalue weighted by atomic mass is 10.00. The number of aliphatic hydroxyl groups is 1. The number of hydrogen-bond acceptors (Lipinski definition) is 3. The summed E-state index contributed by atoms with van der Waals surface area (Å²) >= 11 is 0. The van der Waals surface area contributed by atoms with Gasteiger partial charge in [0.1, 0.15) is 6.04 Å². The molecule has 3 rings (SSSR count). The molecule has 0 aromatic heterocycles. The Morgan fingerprint density at radius 2 is 2.00 bits per heavy atom. The van der Waals surface area contributed by atoms with Gasteiger partial charge in [0.2, 0.25) is 0 Å². The Morgan fingerprint density at radius 1 is 1.26 bits per heavy atom. The van der Waals surface area contributed by atoms with E-state index in [2.05, 4.69) is 0 Å². The number of nitrogens with zero attached hydrogens (tertiary/aromatic N) is 2. The van der Waals surface area contributed by atoms with E-state index in [1.807, 2.05) is 19.1 Å². The number of aryl methyl sites for hydroxylation is 1. The fourth-order valence-corrected chi connectivity index (χ4v) is 2.88. The number of imide groups is 1. The highest BCUT2D eigenvalue weighted by atomic mass is 16.3. The third-order valence-corrected chi connectivity index (χ3v) is 3.87. The molecule has 2 aliphatic heterocycles. The number of aliphatic hydroxyl groups excluding tert-OH is 1. The first-order valence-corrected chi connectivity index (χ1v) is 6.49. The molecule has 1 N–H and O–H groups in total. The number of piperidine rings is 1. The van der Waals surface area contributed by atoms with Crippen molar-refractivity contribution in [1.29, 1.82) is 0 Å². The summed E-state index contributed by atoms with van der Waals surface area (Å²) in [5.74, 6) is -0.313. The van der Waals surface area contributed by atoms with Gasteiger partial charge in [-0.15, -0.1) is 0 Å². The number of carbonyl (C=O) groups excluding carboxylic acids is 2. The van der Waals surface area contributed by atoms with E-state index in [-0.39, 0.29) is 11.9 Å². The summed E-state index contributed by atoms with van der Waals surface area (Å²) in [6, 6.07) is 6.27. The zero-order valence-corrected chi connectivity index (χ0v) is 10.7. The number of anilines is 1. The summed E-state index contributed by atoms with van der Waals surface area (Å²) in [6.45, 7) is 2.40. The molecule has 2 atom stereocenters. The van der Waals surface area contributed by atoms with E-state index in [0.29, 0.717) is 18.7 Å². The molecule has 2 fully saturated rings. The summed E-state index contributed by atoms with van der Waals surface area (Å²) in [7, 11) is 0. The number of rotatable bonds is 1. The molecule has 0 bridgehead atoms. The van der Waals surface area contributed by atoms with Crippen molar-refractivity contribution in [2.45, 2.75) is 31.9 Å². The third-order valence-electron chi connectivity index (χ3n) is 3.87. The summed E-state index contributed by atoms with van der Waals surface area (Å²) in [6.07, 6.45) is 0.555. The third kappa shape index (κ3) is 1.73. The quantitative estimate of drug-likeness (QED) is 0.774. The smallest absolute Gasteiger partial charge is 0.332 e. The molecule has 5 heteroatoms. The van der Waals surface area contributed by atoms with Crippen LogP contribution in [-0.2, 0) is 4.79 Å². The van der Waals surface area contributed by atoms with Crippen LogP contribution in [0.15, 0.2) is 24.3 Å². The van der Waals surface area contributed by atoms with Crippen LogP contribution in [0.25, 0.3) is 0 Å². The lowest BCUT2D eigenvalue weighted by molar-refractivity contribution is -0.124. The van der Waals surface area contributed by atoms with Crippen molar-refractivity contribution < 1.29 is 14.7 Å². The van der Waals surface area contributed by atoms with Crippen molar-refractivity contribution in [3.05, 3.63) is 29.8 Å². The normalized spacial score (nSPS) is 26.8. The number of carbonyl (C=O) groups is 2. The zero-order valence-electron chi connectivity index (χ0n) is 10.7. The highest BCUT2D eigenvalue weighted by Gasteiger charge is 2.50. The van der Waals surface area contributed by atoms with Gasteiger partial charge in [0.05, 0.1) is 11.8 Å². The second kappa shape index (κ2) is 4.35. The van der Waals surface area contributed by atoms with Crippen molar-refractivity contribution in [1.82, 2.24) is 4.90 Å². The molecule has 2 heterocycles. The monoisotopic (exact) mass is 260 g/mol. The van der Waals surface area contributed by atoms with Crippen molar-refractivity contribution in [3.8, 4) is 0 Å². The predicted octanol–water partition coefficient (Wildman–Crippen LogP) is 1.29. The Balaban J connectivity index is 2.02. The fourth-order valence-electron chi connectivity index (χ4n) is 2.88. The Labute approximate surface area is 111 Å². The van der Waals surface area contributed by atoms with Gasteiger partial charge in [0.15, 0.2) is 0 Å². The van der Waals surface area contributed by atoms with E-state index in [4.69, 9.17) is 0 Å². The SMILES string of the molecule is Cc1ccccc1N1C(=O)[C@@H]2[C@@H](O)CCCN2C1=O. The zero-order chi connectivity index (χ0) is 13.6. The van der Waals surface area contributed by atoms with Crippen LogP contribution in [0.3, 0.4) is 0 Å². The maximum atomic E-state index is 12.4. The van der Waals surface area contributed by atoms with Crippen LogP contribution >= 0.6 is 0 Å². The predicted molar refractivity (Wildman–Crippen MR) is 69.8 cm³/mol. The molecule has 1 aromatic rings. The Kier molecular flexibility index (Phi) is 2.78. The highest BCUT2D eigenvalue weighted by molar-refractivity contribution is 6.22. The summed E-state index contributed by atoms with van der Waals surface area (Å²) in [5.41, 5.74) is 1.48. The Bertz CT molecular complexity index is 543. The van der Waals surface area contributed by atoms with Crippen LogP contribution in [0.2, 0.25) is 0 Å². The topological polar surface area (TPSA) is 60.9 Å². The number of benzene rings is 1. The summed E-state index contributed by atoms with van der Waals surface area (Å²) in [5, 5.41) is 9.96. The second-order valence-corrected chi connectivity index (χ2v) is 5.09. The number of hydrogen-bond donors (Lipinski definition) is 1. The highest BCUT2D eigenvalue weighted by Crippen LogP contribution is 2.32. The van der Waals surface area contributed by atoms with Crippen LogP contribution in [0.1, 0.15) is 18.4 Å². The lowest BCUT2D eigenvalue weighted by Gasteiger charge is -2.30. The van der Waals surface area contributed by atoms with Gasteiger partial charge in [-0.25, -0.2) is 9.69 Å². The molecule has 3 amide bonds. The maximum absolute atomic E-state index is 12.4. The average Bonchev–Trinajstić information content (AvgIpc) is 2.64. The first-order chi connectivity index (χ1) is 9.11. The van der Waals surface area contributed by atoms with Gasteiger partial charge in [0.25, 0.3) is 5.91 Å². The Morgan fingerprint density at radius 3 is 2.68 bits per heavy atom. The van der Waals surface area contributed by atoms with Crippen molar-refractivity contribution >= 4 is 17.6 Å². The molecule has 19 heavy (non-hydrogen) atoms. The van der Waals surface area contributed by atoms with Crippen molar-refractivity contribution in [3.63, 3.8) is 0 Å². The van der Waals surface area contributed by atoms with E-state index < -0.39 is 12.1 Å². The van der Waals surface area contributed by atoms with E-state index in [1.165, 1.54) is 9.80 Å². The molecule has 0 saturated carbocycles. The van der Waals surface area contributed by atoms with Gasteiger partial charge < -0.3 is 10.0 Å². The molecular weight excluding hydrogens is 244 g/mol. The van der Waals surface area contributed by atoms with Crippen LogP contribution in [0.5, 0.6) is 0 Å². The van der Waals surface area contributed by atoms with Crippen LogP contribution in [0.4, 0.5) is 10.5 Å². The first-order valence-electron chi connectivity index (χ1n) is 6.49. The van der Waals surface area contributed by atoms with Crippen molar-refractivity contribution in [2.24, 2.45) is 0 Å². The fraction of sp³-hybridized carbons (Fsp3) is 0.429. The molecular formula is C14H16N2O3. The summed E-state index contributed by atoms with van der Waals surface area (Å²) in [4.78, 5) is 27.5. The minimum absolute atomic E-state index is 0.313. The molecule has 100 valence electrons. The standard InChI is InChI=1S/C14H16N2O3/c1-9-5-2-3-6-10(9)16-13(18)12-11(17)7-4-8-15(12)14(16)19/h2-3,5-6,11-12,17H,4,7-8H2,1H3/t11-,12-/m0/s1. The van der Waals surface area contributed by atoms with E-state index >= 15 is 0 Å². The maximum Gasteiger partial charge on any atom is 0.332 e. The van der Waals surface area contributed by atoms with Gasteiger partial charge in [-0.05, 0) is 31.4 Å².